The minimum atomic E-state index is -0.581. The molecule has 0 bridgehead atoms. The van der Waals surface area contributed by atoms with Gasteiger partial charge in [0.05, 0.1) is 16.8 Å². The van der Waals surface area contributed by atoms with Crippen molar-refractivity contribution >= 4 is 17.5 Å². The Labute approximate surface area is 153 Å². The number of hydrogen-bond acceptors (Lipinski definition) is 4. The third-order valence-corrected chi connectivity index (χ3v) is 4.08. The number of nitrogens with one attached hydrogen (secondary N) is 1. The maximum Gasteiger partial charge on any atom is 0.369 e. The molecule has 1 N–H and O–H groups in total. The van der Waals surface area contributed by atoms with Gasteiger partial charge in [0, 0.05) is 0 Å². The van der Waals surface area contributed by atoms with Gasteiger partial charge in [0.15, 0.2) is 0 Å². The van der Waals surface area contributed by atoms with Gasteiger partial charge in [-0.15, -0.1) is 0 Å². The van der Waals surface area contributed by atoms with E-state index in [1.807, 2.05) is 0 Å². The van der Waals surface area contributed by atoms with Gasteiger partial charge in [0.1, 0.15) is 12.4 Å². The fourth-order valence-electron chi connectivity index (χ4n) is 2.41. The summed E-state index contributed by atoms with van der Waals surface area (Å²) in [5.74, 6) is -0.773. The molecule has 134 valence electrons. The van der Waals surface area contributed by atoms with E-state index in [9.17, 15) is 14.0 Å². The summed E-state index contributed by atoms with van der Waals surface area (Å²) in [6.07, 6.45) is 0. The predicted octanol–water partition coefficient (Wildman–Crippen LogP) is 2.10. The SMILES string of the molecule is C[C@H](NC(=O)Cn1nnn(-c2ccccc2Cl)c1=O)c1ccc(F)cc1. The standard InChI is InChI=1S/C17H15ClFN5O2/c1-11(12-6-8-13(19)9-7-12)20-16(25)10-23-17(26)24(22-21-23)15-5-3-2-4-14(15)18/h2-9,11H,10H2,1H3,(H,20,25)/t11-/m0/s1. The molecule has 1 atom stereocenters. The van der Waals surface area contributed by atoms with Crippen molar-refractivity contribution in [3.63, 3.8) is 0 Å². The summed E-state index contributed by atoms with van der Waals surface area (Å²) >= 11 is 6.05. The van der Waals surface area contributed by atoms with Crippen molar-refractivity contribution in [2.45, 2.75) is 19.5 Å². The summed E-state index contributed by atoms with van der Waals surface area (Å²) in [6, 6.07) is 12.1. The number of tetrazole rings is 1. The summed E-state index contributed by atoms with van der Waals surface area (Å²) in [5, 5.41) is 10.5. The van der Waals surface area contributed by atoms with Crippen LogP contribution >= 0.6 is 11.6 Å². The van der Waals surface area contributed by atoms with Crippen molar-refractivity contribution in [3.8, 4) is 5.69 Å². The zero-order chi connectivity index (χ0) is 18.7. The average Bonchev–Trinajstić information content (AvgIpc) is 2.96. The van der Waals surface area contributed by atoms with Crippen LogP contribution in [0.1, 0.15) is 18.5 Å². The second-order valence-corrected chi connectivity index (χ2v) is 6.03. The molecular weight excluding hydrogens is 361 g/mol. The zero-order valence-electron chi connectivity index (χ0n) is 13.8. The molecule has 1 heterocycles. The minimum absolute atomic E-state index is 0.297. The van der Waals surface area contributed by atoms with Gasteiger partial charge in [-0.1, -0.05) is 35.9 Å². The average molecular weight is 376 g/mol. The molecule has 1 amide bonds. The number of rotatable bonds is 5. The second-order valence-electron chi connectivity index (χ2n) is 5.62. The summed E-state index contributed by atoms with van der Waals surface area (Å²) in [7, 11) is 0. The largest absolute Gasteiger partial charge is 0.369 e. The molecule has 3 rings (SSSR count). The summed E-state index contributed by atoms with van der Waals surface area (Å²) in [6.45, 7) is 1.46. The third kappa shape index (κ3) is 3.80. The lowest BCUT2D eigenvalue weighted by Crippen LogP contribution is -2.34. The smallest absolute Gasteiger partial charge is 0.348 e. The molecular formula is C17H15ClFN5O2. The molecule has 0 aliphatic heterocycles. The molecule has 7 nitrogen and oxygen atoms in total. The molecule has 2 aromatic carbocycles. The maximum atomic E-state index is 13.0. The van der Waals surface area contributed by atoms with E-state index in [0.717, 1.165) is 14.9 Å². The van der Waals surface area contributed by atoms with E-state index in [0.29, 0.717) is 10.7 Å². The van der Waals surface area contributed by atoms with Crippen LogP contribution in [0.3, 0.4) is 0 Å². The maximum absolute atomic E-state index is 13.0. The number of carbonyl (C=O) groups is 1. The molecule has 0 spiro atoms. The lowest BCUT2D eigenvalue weighted by Gasteiger charge is -2.13. The van der Waals surface area contributed by atoms with E-state index in [1.54, 1.807) is 43.3 Å². The van der Waals surface area contributed by atoms with Crippen molar-refractivity contribution in [3.05, 3.63) is 75.4 Å². The van der Waals surface area contributed by atoms with Crippen molar-refractivity contribution in [1.29, 1.82) is 0 Å². The van der Waals surface area contributed by atoms with Gasteiger partial charge in [0.2, 0.25) is 5.91 Å². The Morgan fingerprint density at radius 2 is 1.88 bits per heavy atom. The van der Waals surface area contributed by atoms with Crippen molar-refractivity contribution in [2.75, 3.05) is 0 Å². The Hall–Kier alpha value is -3.00. The van der Waals surface area contributed by atoms with Crippen LogP contribution in [0.15, 0.2) is 53.3 Å². The lowest BCUT2D eigenvalue weighted by atomic mass is 10.1. The Balaban J connectivity index is 1.71. The number of carbonyl (C=O) groups excluding carboxylic acids is 1. The third-order valence-electron chi connectivity index (χ3n) is 3.76. The van der Waals surface area contributed by atoms with Gasteiger partial charge in [-0.3, -0.25) is 4.79 Å². The fraction of sp³-hybridized carbons (Fsp3) is 0.176. The molecule has 3 aromatic rings. The summed E-state index contributed by atoms with van der Waals surface area (Å²) in [4.78, 5) is 24.6. The first-order valence-electron chi connectivity index (χ1n) is 7.78. The van der Waals surface area contributed by atoms with Crippen LogP contribution in [-0.4, -0.2) is 25.7 Å². The molecule has 1 aromatic heterocycles. The summed E-state index contributed by atoms with van der Waals surface area (Å²) in [5.41, 5.74) is 0.542. The number of para-hydroxylation sites is 1. The van der Waals surface area contributed by atoms with Crippen LogP contribution in [0.5, 0.6) is 0 Å². The van der Waals surface area contributed by atoms with Crippen LogP contribution in [0.2, 0.25) is 5.02 Å². The first kappa shape index (κ1) is 17.8. The van der Waals surface area contributed by atoms with Crippen LogP contribution in [0.25, 0.3) is 5.69 Å². The fourth-order valence-corrected chi connectivity index (χ4v) is 2.62. The molecule has 0 aliphatic rings. The Morgan fingerprint density at radius 1 is 1.19 bits per heavy atom. The first-order chi connectivity index (χ1) is 12.5. The molecule has 0 saturated carbocycles. The number of aromatic nitrogens is 4. The lowest BCUT2D eigenvalue weighted by molar-refractivity contribution is -0.122. The van der Waals surface area contributed by atoms with Crippen molar-refractivity contribution in [2.24, 2.45) is 0 Å². The quantitative estimate of drug-likeness (QED) is 0.740. The Morgan fingerprint density at radius 3 is 2.58 bits per heavy atom. The molecule has 0 aliphatic carbocycles. The van der Waals surface area contributed by atoms with Crippen molar-refractivity contribution < 1.29 is 9.18 Å². The Bertz CT molecular complexity index is 983. The van der Waals surface area contributed by atoms with Gasteiger partial charge >= 0.3 is 5.69 Å². The highest BCUT2D eigenvalue weighted by atomic mass is 35.5. The summed E-state index contributed by atoms with van der Waals surface area (Å²) < 4.78 is 14.9. The highest BCUT2D eigenvalue weighted by Crippen LogP contribution is 2.17. The molecule has 0 radical (unpaired) electrons. The number of halogens is 2. The molecule has 0 saturated heterocycles. The van der Waals surface area contributed by atoms with E-state index in [1.165, 1.54) is 12.1 Å². The van der Waals surface area contributed by atoms with Gasteiger partial charge in [-0.2, -0.15) is 9.36 Å². The highest BCUT2D eigenvalue weighted by Gasteiger charge is 2.15. The molecule has 26 heavy (non-hydrogen) atoms. The number of amides is 1. The van der Waals surface area contributed by atoms with E-state index in [4.69, 9.17) is 11.6 Å². The minimum Gasteiger partial charge on any atom is -0.348 e. The topological polar surface area (TPSA) is 81.8 Å². The van der Waals surface area contributed by atoms with E-state index < -0.39 is 11.6 Å². The second kappa shape index (κ2) is 7.49. The number of benzene rings is 2. The highest BCUT2D eigenvalue weighted by molar-refractivity contribution is 6.32. The predicted molar refractivity (Wildman–Crippen MR) is 93.6 cm³/mol. The first-order valence-corrected chi connectivity index (χ1v) is 8.16. The normalized spacial score (nSPS) is 12.0. The monoisotopic (exact) mass is 375 g/mol. The van der Waals surface area contributed by atoms with Crippen LogP contribution in [0.4, 0.5) is 4.39 Å². The van der Waals surface area contributed by atoms with Crippen LogP contribution < -0.4 is 11.0 Å². The Kier molecular flexibility index (Phi) is 5.13. The number of nitrogens with zero attached hydrogens (tertiary/aromatic N) is 4. The van der Waals surface area contributed by atoms with Gasteiger partial charge in [-0.05, 0) is 47.2 Å². The molecule has 9 heteroatoms. The van der Waals surface area contributed by atoms with Gasteiger partial charge in [-0.25, -0.2) is 9.18 Å². The van der Waals surface area contributed by atoms with Crippen molar-refractivity contribution in [1.82, 2.24) is 25.1 Å². The van der Waals surface area contributed by atoms with E-state index in [2.05, 4.69) is 15.7 Å². The zero-order valence-corrected chi connectivity index (χ0v) is 14.5. The molecule has 0 unspecified atom stereocenters. The van der Waals surface area contributed by atoms with E-state index >= 15 is 0 Å². The van der Waals surface area contributed by atoms with Gasteiger partial charge < -0.3 is 5.32 Å². The van der Waals surface area contributed by atoms with Crippen LogP contribution in [-0.2, 0) is 11.3 Å². The van der Waals surface area contributed by atoms with E-state index in [-0.39, 0.29) is 18.4 Å². The molecule has 0 fully saturated rings. The number of hydrogen-bond donors (Lipinski definition) is 1. The van der Waals surface area contributed by atoms with Gasteiger partial charge in [0.25, 0.3) is 0 Å². The van der Waals surface area contributed by atoms with Crippen LogP contribution in [0, 0.1) is 5.82 Å².